The van der Waals surface area contributed by atoms with Crippen LogP contribution in [0.4, 0.5) is 0 Å². The van der Waals surface area contributed by atoms with E-state index >= 15 is 0 Å². The minimum atomic E-state index is -3.45. The smallest absolute Gasteiger partial charge is 0.267 e. The second-order valence-corrected chi connectivity index (χ2v) is 5.95. The zero-order valence-corrected chi connectivity index (χ0v) is 9.70. The fourth-order valence-corrected chi connectivity index (χ4v) is 3.21. The van der Waals surface area contributed by atoms with Crippen molar-refractivity contribution in [2.75, 3.05) is 13.1 Å². The fraction of sp³-hybridized carbons (Fsp3) is 0.571. The highest BCUT2D eigenvalue weighted by Crippen LogP contribution is 2.20. The van der Waals surface area contributed by atoms with E-state index in [0.29, 0.717) is 0 Å². The molecule has 0 aliphatic carbocycles. The van der Waals surface area contributed by atoms with Gasteiger partial charge in [-0.1, -0.05) is 0 Å². The zero-order valence-electron chi connectivity index (χ0n) is 8.07. The Morgan fingerprint density at radius 2 is 2.14 bits per heavy atom. The van der Waals surface area contributed by atoms with Crippen molar-refractivity contribution < 1.29 is 8.42 Å². The van der Waals surface area contributed by atoms with Gasteiger partial charge in [0.05, 0.1) is 5.69 Å². The van der Waals surface area contributed by atoms with Crippen molar-refractivity contribution >= 4 is 21.4 Å². The van der Waals surface area contributed by atoms with Crippen molar-refractivity contribution in [1.29, 1.82) is 0 Å². The van der Waals surface area contributed by atoms with Crippen molar-refractivity contribution in [3.05, 3.63) is 10.6 Å². The normalized spacial score (nSPS) is 11.9. The lowest BCUT2D eigenvalue weighted by molar-refractivity contribution is 0.581. The lowest BCUT2D eigenvalue weighted by atomic mass is 10.4. The molecule has 0 saturated heterocycles. The van der Waals surface area contributed by atoms with Crippen LogP contribution in [0.1, 0.15) is 10.6 Å². The highest BCUT2D eigenvalue weighted by Gasteiger charge is 2.18. The summed E-state index contributed by atoms with van der Waals surface area (Å²) < 4.78 is 25.5. The average molecular weight is 235 g/mol. The number of thiazole rings is 1. The van der Waals surface area contributed by atoms with Gasteiger partial charge < -0.3 is 5.73 Å². The lowest BCUT2D eigenvalue weighted by Crippen LogP contribution is -2.29. The number of rotatable bonds is 4. The second kappa shape index (κ2) is 4.35. The summed E-state index contributed by atoms with van der Waals surface area (Å²) in [5.41, 5.74) is 5.96. The summed E-state index contributed by atoms with van der Waals surface area (Å²) in [5.74, 6) is 0. The van der Waals surface area contributed by atoms with Crippen LogP contribution in [0.15, 0.2) is 4.34 Å². The Hall–Kier alpha value is -0.500. The maximum absolute atomic E-state index is 11.5. The second-order valence-electron chi connectivity index (χ2n) is 2.81. The third kappa shape index (κ3) is 2.50. The van der Waals surface area contributed by atoms with Crippen molar-refractivity contribution in [3.8, 4) is 0 Å². The van der Waals surface area contributed by atoms with E-state index in [1.807, 2.05) is 6.92 Å². The Morgan fingerprint density at radius 3 is 2.57 bits per heavy atom. The lowest BCUT2D eigenvalue weighted by Gasteiger charge is -2.00. The van der Waals surface area contributed by atoms with Gasteiger partial charge in [0.15, 0.2) is 0 Å². The van der Waals surface area contributed by atoms with E-state index in [2.05, 4.69) is 9.71 Å². The molecule has 0 unspecified atom stereocenters. The Kier molecular flexibility index (Phi) is 3.59. The van der Waals surface area contributed by atoms with E-state index in [-0.39, 0.29) is 17.4 Å². The largest absolute Gasteiger partial charge is 0.329 e. The first-order chi connectivity index (χ1) is 6.47. The molecule has 3 N–H and O–H groups in total. The molecule has 0 aliphatic heterocycles. The van der Waals surface area contributed by atoms with Crippen LogP contribution in [-0.2, 0) is 10.0 Å². The van der Waals surface area contributed by atoms with Gasteiger partial charge in [-0.05, 0) is 13.8 Å². The third-order valence-electron chi connectivity index (χ3n) is 1.68. The number of nitrogens with one attached hydrogen (secondary N) is 1. The SMILES string of the molecule is Cc1nc(S(=O)(=O)NCCN)sc1C. The van der Waals surface area contributed by atoms with Gasteiger partial charge in [0, 0.05) is 18.0 Å². The van der Waals surface area contributed by atoms with E-state index in [4.69, 9.17) is 5.73 Å². The van der Waals surface area contributed by atoms with Gasteiger partial charge in [0.25, 0.3) is 10.0 Å². The maximum atomic E-state index is 11.5. The quantitative estimate of drug-likeness (QED) is 0.769. The maximum Gasteiger partial charge on any atom is 0.267 e. The van der Waals surface area contributed by atoms with Crippen molar-refractivity contribution in [3.63, 3.8) is 0 Å². The summed E-state index contributed by atoms with van der Waals surface area (Å²) in [4.78, 5) is 4.88. The minimum absolute atomic E-state index is 0.112. The number of nitrogens with zero attached hydrogens (tertiary/aromatic N) is 1. The van der Waals surface area contributed by atoms with Gasteiger partial charge in [-0.25, -0.2) is 18.1 Å². The number of aryl methyl sites for hydroxylation is 2. The number of hydrogen-bond acceptors (Lipinski definition) is 5. The number of sulfonamides is 1. The molecular weight excluding hydrogens is 222 g/mol. The van der Waals surface area contributed by atoms with E-state index in [9.17, 15) is 8.42 Å². The van der Waals surface area contributed by atoms with Gasteiger partial charge >= 0.3 is 0 Å². The summed E-state index contributed by atoms with van der Waals surface area (Å²) in [5, 5.41) is 0. The predicted molar refractivity (Wildman–Crippen MR) is 55.8 cm³/mol. The van der Waals surface area contributed by atoms with E-state index in [1.54, 1.807) is 6.92 Å². The number of aromatic nitrogens is 1. The average Bonchev–Trinajstić information content (AvgIpc) is 2.45. The monoisotopic (exact) mass is 235 g/mol. The molecule has 1 aromatic rings. The van der Waals surface area contributed by atoms with Gasteiger partial charge in [-0.2, -0.15) is 0 Å². The molecule has 0 aliphatic rings. The molecule has 80 valence electrons. The molecule has 1 rings (SSSR count). The van der Waals surface area contributed by atoms with Gasteiger partial charge in [0.1, 0.15) is 0 Å². The zero-order chi connectivity index (χ0) is 10.8. The molecule has 0 bridgehead atoms. The topological polar surface area (TPSA) is 85.1 Å². The van der Waals surface area contributed by atoms with Crippen LogP contribution in [0, 0.1) is 13.8 Å². The Labute approximate surface area is 87.4 Å². The summed E-state index contributed by atoms with van der Waals surface area (Å²) in [6.45, 7) is 4.14. The number of hydrogen-bond donors (Lipinski definition) is 2. The molecule has 1 heterocycles. The van der Waals surface area contributed by atoms with Gasteiger partial charge in [0.2, 0.25) is 4.34 Å². The standard InChI is InChI=1S/C7H13N3O2S2/c1-5-6(2)13-7(10-5)14(11,12)9-4-3-8/h9H,3-4,8H2,1-2H3. The van der Waals surface area contributed by atoms with Crippen molar-refractivity contribution in [2.24, 2.45) is 5.73 Å². The van der Waals surface area contributed by atoms with Crippen molar-refractivity contribution in [2.45, 2.75) is 18.2 Å². The summed E-state index contributed by atoms with van der Waals surface area (Å²) in [7, 11) is -3.45. The van der Waals surface area contributed by atoms with Crippen LogP contribution in [0.25, 0.3) is 0 Å². The molecular formula is C7H13N3O2S2. The van der Waals surface area contributed by atoms with E-state index in [0.717, 1.165) is 10.6 Å². The first kappa shape index (κ1) is 11.6. The molecule has 0 amide bonds. The molecule has 0 spiro atoms. The highest BCUT2D eigenvalue weighted by molar-refractivity contribution is 7.91. The molecule has 7 heteroatoms. The summed E-state index contributed by atoms with van der Waals surface area (Å²) in [6, 6.07) is 0. The van der Waals surface area contributed by atoms with Gasteiger partial charge in [-0.3, -0.25) is 0 Å². The molecule has 5 nitrogen and oxygen atoms in total. The Bertz CT molecular complexity index is 391. The molecule has 0 atom stereocenters. The van der Waals surface area contributed by atoms with Crippen LogP contribution in [0.5, 0.6) is 0 Å². The molecule has 0 radical (unpaired) electrons. The minimum Gasteiger partial charge on any atom is -0.329 e. The Morgan fingerprint density at radius 1 is 1.50 bits per heavy atom. The van der Waals surface area contributed by atoms with Crippen LogP contribution in [-0.4, -0.2) is 26.5 Å². The fourth-order valence-electron chi connectivity index (χ4n) is 0.813. The van der Waals surface area contributed by atoms with Crippen LogP contribution in [0.3, 0.4) is 0 Å². The molecule has 0 fully saturated rings. The van der Waals surface area contributed by atoms with E-state index in [1.165, 1.54) is 11.3 Å². The van der Waals surface area contributed by atoms with Crippen LogP contribution < -0.4 is 10.5 Å². The van der Waals surface area contributed by atoms with Crippen molar-refractivity contribution in [1.82, 2.24) is 9.71 Å². The van der Waals surface area contributed by atoms with Crippen LogP contribution >= 0.6 is 11.3 Å². The van der Waals surface area contributed by atoms with Gasteiger partial charge in [-0.15, -0.1) is 11.3 Å². The molecule has 14 heavy (non-hydrogen) atoms. The van der Waals surface area contributed by atoms with E-state index < -0.39 is 10.0 Å². The molecule has 0 aromatic carbocycles. The Balaban J connectivity index is 2.93. The van der Waals surface area contributed by atoms with Crippen LogP contribution in [0.2, 0.25) is 0 Å². The predicted octanol–water partition coefficient (Wildman–Crippen LogP) is -0.00306. The third-order valence-corrected chi connectivity index (χ3v) is 4.59. The molecule has 1 aromatic heterocycles. The summed E-state index contributed by atoms with van der Waals surface area (Å²) >= 11 is 1.17. The molecule has 0 saturated carbocycles. The first-order valence-electron chi connectivity index (χ1n) is 4.11. The highest BCUT2D eigenvalue weighted by atomic mass is 32.2. The first-order valence-corrected chi connectivity index (χ1v) is 6.41. The summed E-state index contributed by atoms with van der Waals surface area (Å²) in [6.07, 6.45) is 0. The number of nitrogens with two attached hydrogens (primary N) is 1.